The average molecular weight is 444 g/mol. The summed E-state index contributed by atoms with van der Waals surface area (Å²) in [5.74, 6) is 3.00. The maximum atomic E-state index is 12.9. The van der Waals surface area contributed by atoms with Crippen LogP contribution in [0.4, 0.5) is 5.69 Å². The number of thioether (sulfide) groups is 1. The van der Waals surface area contributed by atoms with E-state index < -0.39 is 6.04 Å². The van der Waals surface area contributed by atoms with Crippen LogP contribution in [-0.4, -0.2) is 46.5 Å². The van der Waals surface area contributed by atoms with Crippen LogP contribution in [0.5, 0.6) is 5.75 Å². The maximum Gasteiger partial charge on any atom is 0.248 e. The Balaban J connectivity index is 1.39. The first-order valence-electron chi connectivity index (χ1n) is 9.37. The number of nitrogens with zero attached hydrogens (tertiary/aromatic N) is 2. The highest BCUT2D eigenvalue weighted by Crippen LogP contribution is 2.27. The van der Waals surface area contributed by atoms with Crippen molar-refractivity contribution in [2.75, 3.05) is 24.1 Å². The lowest BCUT2D eigenvalue weighted by Crippen LogP contribution is -2.45. The molecule has 30 heavy (non-hydrogen) atoms. The second-order valence-corrected chi connectivity index (χ2v) is 8.69. The second kappa shape index (κ2) is 8.93. The van der Waals surface area contributed by atoms with Gasteiger partial charge in [-0.1, -0.05) is 0 Å². The SMILES string of the molecule is COc1ccc(NC(=O)C2CSCN2C(=O)Cc2csc(-c3ccc(C)o3)n2)cc1. The zero-order valence-corrected chi connectivity index (χ0v) is 18.2. The summed E-state index contributed by atoms with van der Waals surface area (Å²) in [6.45, 7) is 1.88. The smallest absolute Gasteiger partial charge is 0.248 e. The lowest BCUT2D eigenvalue weighted by molar-refractivity contribution is -0.135. The fraction of sp³-hybridized carbons (Fsp3) is 0.286. The van der Waals surface area contributed by atoms with Crippen LogP contribution in [0.2, 0.25) is 0 Å². The Morgan fingerprint density at radius 2 is 2.07 bits per heavy atom. The van der Waals surface area contributed by atoms with Crippen LogP contribution in [-0.2, 0) is 16.0 Å². The number of aryl methyl sites for hydroxylation is 1. The van der Waals surface area contributed by atoms with Gasteiger partial charge in [-0.05, 0) is 43.3 Å². The van der Waals surface area contributed by atoms with Crippen LogP contribution in [0.3, 0.4) is 0 Å². The number of benzene rings is 1. The number of furan rings is 1. The molecule has 1 N–H and O–H groups in total. The highest BCUT2D eigenvalue weighted by molar-refractivity contribution is 7.99. The summed E-state index contributed by atoms with van der Waals surface area (Å²) in [4.78, 5) is 31.8. The molecule has 7 nitrogen and oxygen atoms in total. The highest BCUT2D eigenvalue weighted by atomic mass is 32.2. The fourth-order valence-electron chi connectivity index (χ4n) is 3.11. The van der Waals surface area contributed by atoms with E-state index >= 15 is 0 Å². The molecule has 1 unspecified atom stereocenters. The molecular formula is C21H21N3O4S2. The minimum atomic E-state index is -0.504. The van der Waals surface area contributed by atoms with Crippen molar-refractivity contribution in [3.8, 4) is 16.5 Å². The number of aromatic nitrogens is 1. The second-order valence-electron chi connectivity index (χ2n) is 6.83. The van der Waals surface area contributed by atoms with Gasteiger partial charge in [-0.2, -0.15) is 0 Å². The number of hydrogen-bond acceptors (Lipinski definition) is 7. The molecule has 1 aromatic carbocycles. The molecule has 1 saturated heterocycles. The number of anilines is 1. The number of thiazole rings is 1. The normalized spacial score (nSPS) is 15.9. The maximum absolute atomic E-state index is 12.9. The van der Waals surface area contributed by atoms with E-state index in [0.717, 1.165) is 10.8 Å². The van der Waals surface area contributed by atoms with Crippen LogP contribution in [0.1, 0.15) is 11.5 Å². The molecular weight excluding hydrogens is 422 g/mol. The summed E-state index contributed by atoms with van der Waals surface area (Å²) in [6, 6.07) is 10.4. The minimum Gasteiger partial charge on any atom is -0.497 e. The number of carbonyl (C=O) groups excluding carboxylic acids is 2. The Labute approximate surface area is 182 Å². The molecule has 2 aromatic heterocycles. The molecule has 0 bridgehead atoms. The van der Waals surface area contributed by atoms with Crippen molar-refractivity contribution in [1.82, 2.24) is 9.88 Å². The van der Waals surface area contributed by atoms with E-state index in [4.69, 9.17) is 9.15 Å². The zero-order valence-electron chi connectivity index (χ0n) is 16.6. The van der Waals surface area contributed by atoms with Gasteiger partial charge in [0.15, 0.2) is 10.8 Å². The molecule has 1 fully saturated rings. The van der Waals surface area contributed by atoms with Gasteiger partial charge < -0.3 is 19.4 Å². The van der Waals surface area contributed by atoms with Crippen molar-refractivity contribution in [3.05, 3.63) is 53.2 Å². The number of nitrogens with one attached hydrogen (secondary N) is 1. The number of carbonyl (C=O) groups is 2. The van der Waals surface area contributed by atoms with Gasteiger partial charge in [0.1, 0.15) is 17.6 Å². The quantitative estimate of drug-likeness (QED) is 0.624. The van der Waals surface area contributed by atoms with Gasteiger partial charge in [0, 0.05) is 16.8 Å². The molecule has 2 amide bonds. The van der Waals surface area contributed by atoms with E-state index in [2.05, 4.69) is 10.3 Å². The number of methoxy groups -OCH3 is 1. The summed E-state index contributed by atoms with van der Waals surface area (Å²) in [7, 11) is 1.59. The van der Waals surface area contributed by atoms with Gasteiger partial charge in [0.25, 0.3) is 0 Å². The van der Waals surface area contributed by atoms with E-state index in [-0.39, 0.29) is 18.2 Å². The Morgan fingerprint density at radius 3 is 2.77 bits per heavy atom. The first-order valence-corrected chi connectivity index (χ1v) is 11.4. The van der Waals surface area contributed by atoms with Gasteiger partial charge in [0.2, 0.25) is 11.8 Å². The molecule has 4 rings (SSSR count). The minimum absolute atomic E-state index is 0.109. The van der Waals surface area contributed by atoms with Crippen LogP contribution in [0.15, 0.2) is 46.2 Å². The third-order valence-corrected chi connectivity index (χ3v) is 6.62. The summed E-state index contributed by atoms with van der Waals surface area (Å²) in [5, 5.41) is 5.49. The van der Waals surface area contributed by atoms with Crippen LogP contribution >= 0.6 is 23.1 Å². The largest absolute Gasteiger partial charge is 0.497 e. The molecule has 0 spiro atoms. The average Bonchev–Trinajstić information content (AvgIpc) is 3.49. The van der Waals surface area contributed by atoms with E-state index in [9.17, 15) is 9.59 Å². The Hall–Kier alpha value is -2.78. The lowest BCUT2D eigenvalue weighted by atomic mass is 10.2. The van der Waals surface area contributed by atoms with Gasteiger partial charge in [-0.3, -0.25) is 9.59 Å². The topological polar surface area (TPSA) is 84.7 Å². The Bertz CT molecular complexity index is 1040. The van der Waals surface area contributed by atoms with E-state index in [1.807, 2.05) is 24.4 Å². The van der Waals surface area contributed by atoms with Crippen molar-refractivity contribution < 1.29 is 18.7 Å². The van der Waals surface area contributed by atoms with Crippen molar-refractivity contribution in [2.24, 2.45) is 0 Å². The molecule has 1 aliphatic rings. The first-order chi connectivity index (χ1) is 14.5. The molecule has 9 heteroatoms. The predicted octanol–water partition coefficient (Wildman–Crippen LogP) is 3.80. The molecule has 0 aliphatic carbocycles. The molecule has 0 saturated carbocycles. The fourth-order valence-corrected chi connectivity index (χ4v) is 5.07. The van der Waals surface area contributed by atoms with Crippen molar-refractivity contribution >= 4 is 40.6 Å². The summed E-state index contributed by atoms with van der Waals surface area (Å²) in [6.07, 6.45) is 0.156. The Kier molecular flexibility index (Phi) is 6.10. The van der Waals surface area contributed by atoms with Crippen molar-refractivity contribution in [1.29, 1.82) is 0 Å². The number of rotatable bonds is 6. The van der Waals surface area contributed by atoms with Gasteiger partial charge in [-0.15, -0.1) is 23.1 Å². The van der Waals surface area contributed by atoms with E-state index in [1.54, 1.807) is 48.0 Å². The van der Waals surface area contributed by atoms with Gasteiger partial charge in [-0.25, -0.2) is 4.98 Å². The molecule has 0 radical (unpaired) electrons. The third kappa shape index (κ3) is 4.52. The lowest BCUT2D eigenvalue weighted by Gasteiger charge is -2.23. The third-order valence-electron chi connectivity index (χ3n) is 4.70. The van der Waals surface area contributed by atoms with Crippen LogP contribution in [0.25, 0.3) is 10.8 Å². The first kappa shape index (κ1) is 20.5. The monoisotopic (exact) mass is 443 g/mol. The van der Waals surface area contributed by atoms with E-state index in [0.29, 0.717) is 34.5 Å². The summed E-state index contributed by atoms with van der Waals surface area (Å²) >= 11 is 3.01. The number of hydrogen-bond donors (Lipinski definition) is 1. The highest BCUT2D eigenvalue weighted by Gasteiger charge is 2.34. The van der Waals surface area contributed by atoms with Crippen LogP contribution < -0.4 is 10.1 Å². The van der Waals surface area contributed by atoms with Crippen molar-refractivity contribution in [3.63, 3.8) is 0 Å². The Morgan fingerprint density at radius 1 is 1.27 bits per heavy atom. The van der Waals surface area contributed by atoms with Gasteiger partial charge in [0.05, 0.1) is 25.1 Å². The summed E-state index contributed by atoms with van der Waals surface area (Å²) < 4.78 is 10.7. The zero-order chi connectivity index (χ0) is 21.1. The van der Waals surface area contributed by atoms with Gasteiger partial charge >= 0.3 is 0 Å². The predicted molar refractivity (Wildman–Crippen MR) is 118 cm³/mol. The molecule has 3 aromatic rings. The number of ether oxygens (including phenoxy) is 1. The molecule has 156 valence electrons. The van der Waals surface area contributed by atoms with Crippen LogP contribution in [0, 0.1) is 6.92 Å². The number of amides is 2. The molecule has 3 heterocycles. The molecule has 1 atom stereocenters. The van der Waals surface area contributed by atoms with E-state index in [1.165, 1.54) is 11.3 Å². The standard InChI is InChI=1S/C21H21N3O4S2/c1-13-3-8-18(28-13)21-23-15(10-30-21)9-19(25)24-12-29-11-17(24)20(26)22-14-4-6-16(27-2)7-5-14/h3-8,10,17H,9,11-12H2,1-2H3,(H,22,26). The molecule has 1 aliphatic heterocycles. The van der Waals surface area contributed by atoms with Crippen molar-refractivity contribution in [2.45, 2.75) is 19.4 Å². The summed E-state index contributed by atoms with van der Waals surface area (Å²) in [5.41, 5.74) is 1.35.